The number of rotatable bonds is 5. The van der Waals surface area contributed by atoms with E-state index in [-0.39, 0.29) is 17.4 Å². The van der Waals surface area contributed by atoms with Crippen molar-refractivity contribution >= 4 is 12.0 Å². The molecule has 1 atom stereocenters. The Morgan fingerprint density at radius 2 is 1.96 bits per heavy atom. The molecule has 0 fully saturated rings. The Balaban J connectivity index is 2.49. The van der Waals surface area contributed by atoms with Crippen molar-refractivity contribution in [1.29, 1.82) is 0 Å². The molecular formula is C17H27N3O4. The molecule has 1 aromatic heterocycles. The van der Waals surface area contributed by atoms with Crippen molar-refractivity contribution < 1.29 is 14.3 Å². The number of carbonyl (C=O) groups excluding carboxylic acids is 2. The fourth-order valence-corrected chi connectivity index (χ4v) is 2.04. The fourth-order valence-electron chi connectivity index (χ4n) is 2.04. The lowest BCUT2D eigenvalue weighted by molar-refractivity contribution is 0.0277. The van der Waals surface area contributed by atoms with Gasteiger partial charge in [0.15, 0.2) is 0 Å². The van der Waals surface area contributed by atoms with Crippen molar-refractivity contribution in [3.63, 3.8) is 0 Å². The average Bonchev–Trinajstić information content (AvgIpc) is 2.45. The summed E-state index contributed by atoms with van der Waals surface area (Å²) in [6.07, 6.45) is 1.11. The van der Waals surface area contributed by atoms with Gasteiger partial charge in [-0.05, 0) is 32.8 Å². The van der Waals surface area contributed by atoms with E-state index in [0.29, 0.717) is 18.7 Å². The SMILES string of the molecule is CC(CNC(=O)c1ccc(=O)n(C)c1)CN(C)C(=O)OC(C)(C)C. The summed E-state index contributed by atoms with van der Waals surface area (Å²) in [4.78, 5) is 36.8. The maximum absolute atomic E-state index is 12.1. The third-order valence-corrected chi connectivity index (χ3v) is 3.25. The summed E-state index contributed by atoms with van der Waals surface area (Å²) in [5, 5.41) is 2.80. The molecule has 0 aromatic carbocycles. The van der Waals surface area contributed by atoms with Gasteiger partial charge in [-0.25, -0.2) is 4.79 Å². The molecular weight excluding hydrogens is 310 g/mol. The normalized spacial score (nSPS) is 12.4. The number of amides is 2. The van der Waals surface area contributed by atoms with E-state index in [1.54, 1.807) is 14.1 Å². The molecule has 7 nitrogen and oxygen atoms in total. The highest BCUT2D eigenvalue weighted by Gasteiger charge is 2.21. The van der Waals surface area contributed by atoms with Gasteiger partial charge in [0.25, 0.3) is 5.91 Å². The predicted octanol–water partition coefficient (Wildman–Crippen LogP) is 1.62. The molecule has 0 aliphatic heterocycles. The van der Waals surface area contributed by atoms with Crippen LogP contribution in [0.4, 0.5) is 4.79 Å². The highest BCUT2D eigenvalue weighted by molar-refractivity contribution is 5.93. The van der Waals surface area contributed by atoms with Crippen LogP contribution in [0.15, 0.2) is 23.1 Å². The standard InChI is InChI=1S/C17H27N3O4/c1-12(10-20(6)16(23)24-17(2,3)4)9-18-15(22)13-7-8-14(21)19(5)11-13/h7-8,11-12H,9-10H2,1-6H3,(H,18,22). The summed E-state index contributed by atoms with van der Waals surface area (Å²) in [5.74, 6) is -0.198. The lowest BCUT2D eigenvalue weighted by Crippen LogP contribution is -2.39. The van der Waals surface area contributed by atoms with Crippen LogP contribution in [0.1, 0.15) is 38.1 Å². The van der Waals surface area contributed by atoms with Crippen molar-refractivity contribution in [2.75, 3.05) is 20.1 Å². The maximum Gasteiger partial charge on any atom is 0.410 e. The first-order valence-corrected chi connectivity index (χ1v) is 7.88. The van der Waals surface area contributed by atoms with Crippen LogP contribution in [-0.2, 0) is 11.8 Å². The fraction of sp³-hybridized carbons (Fsp3) is 0.588. The molecule has 0 saturated heterocycles. The van der Waals surface area contributed by atoms with E-state index in [9.17, 15) is 14.4 Å². The molecule has 2 amide bonds. The minimum absolute atomic E-state index is 0.0546. The summed E-state index contributed by atoms with van der Waals surface area (Å²) in [7, 11) is 3.26. The molecule has 0 aliphatic rings. The first-order valence-electron chi connectivity index (χ1n) is 7.88. The summed E-state index contributed by atoms with van der Waals surface area (Å²) in [5.41, 5.74) is -0.282. The van der Waals surface area contributed by atoms with Gasteiger partial charge in [0.1, 0.15) is 5.60 Å². The Hall–Kier alpha value is -2.31. The third-order valence-electron chi connectivity index (χ3n) is 3.25. The summed E-state index contributed by atoms with van der Waals surface area (Å²) >= 11 is 0. The van der Waals surface area contributed by atoms with Crippen LogP contribution in [0.2, 0.25) is 0 Å². The van der Waals surface area contributed by atoms with Gasteiger partial charge < -0.3 is 19.5 Å². The topological polar surface area (TPSA) is 80.6 Å². The van der Waals surface area contributed by atoms with E-state index in [0.717, 1.165) is 0 Å². The third kappa shape index (κ3) is 6.44. The van der Waals surface area contributed by atoms with Gasteiger partial charge in [-0.3, -0.25) is 9.59 Å². The Morgan fingerprint density at radius 1 is 1.33 bits per heavy atom. The molecule has 1 rings (SSSR count). The number of nitrogens with one attached hydrogen (secondary N) is 1. The molecule has 7 heteroatoms. The smallest absolute Gasteiger partial charge is 0.410 e. The number of hydrogen-bond acceptors (Lipinski definition) is 4. The van der Waals surface area contributed by atoms with Crippen LogP contribution in [0.25, 0.3) is 0 Å². The van der Waals surface area contributed by atoms with Gasteiger partial charge in [0.2, 0.25) is 5.56 Å². The minimum Gasteiger partial charge on any atom is -0.444 e. The summed E-state index contributed by atoms with van der Waals surface area (Å²) < 4.78 is 6.64. The molecule has 0 saturated carbocycles. The molecule has 1 unspecified atom stereocenters. The summed E-state index contributed by atoms with van der Waals surface area (Å²) in [6.45, 7) is 8.25. The first-order chi connectivity index (χ1) is 11.0. The average molecular weight is 337 g/mol. The van der Waals surface area contributed by atoms with Gasteiger partial charge in [-0.15, -0.1) is 0 Å². The highest BCUT2D eigenvalue weighted by Crippen LogP contribution is 2.10. The second-order valence-corrected chi connectivity index (χ2v) is 7.04. The Kier molecular flexibility index (Phi) is 6.57. The van der Waals surface area contributed by atoms with Crippen LogP contribution in [0.5, 0.6) is 0 Å². The number of aromatic nitrogens is 1. The molecule has 1 heterocycles. The van der Waals surface area contributed by atoms with Crippen molar-refractivity contribution in [2.24, 2.45) is 13.0 Å². The zero-order chi connectivity index (χ0) is 18.5. The van der Waals surface area contributed by atoms with Gasteiger partial charge in [0.05, 0.1) is 5.56 Å². The van der Waals surface area contributed by atoms with Crippen molar-refractivity contribution in [3.8, 4) is 0 Å². The van der Waals surface area contributed by atoms with Crippen molar-refractivity contribution in [1.82, 2.24) is 14.8 Å². The minimum atomic E-state index is -0.536. The second kappa shape index (κ2) is 7.99. The molecule has 0 aliphatic carbocycles. The lowest BCUT2D eigenvalue weighted by atomic mass is 10.1. The summed E-state index contributed by atoms with van der Waals surface area (Å²) in [6, 6.07) is 2.85. The Morgan fingerprint density at radius 3 is 2.50 bits per heavy atom. The van der Waals surface area contributed by atoms with E-state index in [2.05, 4.69) is 5.32 Å². The van der Waals surface area contributed by atoms with Gasteiger partial charge in [0, 0.05) is 39.4 Å². The number of pyridine rings is 1. The zero-order valence-electron chi connectivity index (χ0n) is 15.3. The quantitative estimate of drug-likeness (QED) is 0.885. The molecule has 24 heavy (non-hydrogen) atoms. The van der Waals surface area contributed by atoms with E-state index >= 15 is 0 Å². The van der Waals surface area contributed by atoms with Gasteiger partial charge in [-0.2, -0.15) is 0 Å². The van der Waals surface area contributed by atoms with E-state index in [1.165, 1.54) is 27.8 Å². The number of ether oxygens (including phenoxy) is 1. The van der Waals surface area contributed by atoms with Crippen LogP contribution >= 0.6 is 0 Å². The first kappa shape index (κ1) is 19.7. The van der Waals surface area contributed by atoms with E-state index < -0.39 is 11.7 Å². The molecule has 0 radical (unpaired) electrons. The number of aryl methyl sites for hydroxylation is 1. The lowest BCUT2D eigenvalue weighted by Gasteiger charge is -2.26. The van der Waals surface area contributed by atoms with Crippen LogP contribution < -0.4 is 10.9 Å². The number of carbonyl (C=O) groups is 2. The molecule has 134 valence electrons. The molecule has 1 aromatic rings. The molecule has 0 spiro atoms. The maximum atomic E-state index is 12.1. The molecule has 0 bridgehead atoms. The highest BCUT2D eigenvalue weighted by atomic mass is 16.6. The van der Waals surface area contributed by atoms with Crippen LogP contribution in [0.3, 0.4) is 0 Å². The molecule has 1 N–H and O–H groups in total. The largest absolute Gasteiger partial charge is 0.444 e. The predicted molar refractivity (Wildman–Crippen MR) is 92.0 cm³/mol. The Labute approximate surface area is 142 Å². The van der Waals surface area contributed by atoms with Gasteiger partial charge in [-0.1, -0.05) is 6.92 Å². The van der Waals surface area contributed by atoms with Crippen molar-refractivity contribution in [2.45, 2.75) is 33.3 Å². The Bertz CT molecular complexity index is 646. The number of nitrogens with zero attached hydrogens (tertiary/aromatic N) is 2. The monoisotopic (exact) mass is 337 g/mol. The van der Waals surface area contributed by atoms with Gasteiger partial charge >= 0.3 is 6.09 Å². The zero-order valence-corrected chi connectivity index (χ0v) is 15.3. The van der Waals surface area contributed by atoms with E-state index in [1.807, 2.05) is 27.7 Å². The van der Waals surface area contributed by atoms with Crippen molar-refractivity contribution in [3.05, 3.63) is 34.2 Å². The number of hydrogen-bond donors (Lipinski definition) is 1. The second-order valence-electron chi connectivity index (χ2n) is 7.04. The van der Waals surface area contributed by atoms with Crippen LogP contribution in [-0.4, -0.2) is 47.2 Å². The van der Waals surface area contributed by atoms with Crippen LogP contribution in [0, 0.1) is 5.92 Å². The van der Waals surface area contributed by atoms with E-state index in [4.69, 9.17) is 4.74 Å².